The van der Waals surface area contributed by atoms with Crippen molar-refractivity contribution in [1.29, 1.82) is 0 Å². The maximum Gasteiger partial charge on any atom is 0.263 e. The minimum absolute atomic E-state index is 0.154. The number of aromatic nitrogens is 1. The quantitative estimate of drug-likeness (QED) is 0.839. The molecule has 1 saturated heterocycles. The molecule has 21 heavy (non-hydrogen) atoms. The van der Waals surface area contributed by atoms with E-state index in [1.807, 2.05) is 13.8 Å². The summed E-state index contributed by atoms with van der Waals surface area (Å²) < 4.78 is 6.75. The van der Waals surface area contributed by atoms with Crippen LogP contribution in [0.5, 0.6) is 0 Å². The van der Waals surface area contributed by atoms with E-state index in [0.29, 0.717) is 13.2 Å². The Labute approximate surface area is 123 Å². The van der Waals surface area contributed by atoms with Crippen LogP contribution >= 0.6 is 0 Å². The maximum absolute atomic E-state index is 12.6. The number of nitrogens with zero attached hydrogens (tertiary/aromatic N) is 2. The molecule has 0 bridgehead atoms. The summed E-state index contributed by atoms with van der Waals surface area (Å²) in [5.74, 6) is -0.342. The number of pyridine rings is 1. The van der Waals surface area contributed by atoms with Crippen LogP contribution in [-0.2, 0) is 18.2 Å². The zero-order valence-electron chi connectivity index (χ0n) is 12.8. The number of hydrogen-bond acceptors (Lipinski definition) is 4. The van der Waals surface area contributed by atoms with Crippen LogP contribution in [0.15, 0.2) is 10.9 Å². The first-order valence-electron chi connectivity index (χ1n) is 7.20. The normalized spacial score (nSPS) is 19.4. The average Bonchev–Trinajstić information content (AvgIpc) is 2.67. The van der Waals surface area contributed by atoms with Crippen molar-refractivity contribution in [3.8, 4) is 0 Å². The monoisotopic (exact) mass is 294 g/mol. The molecule has 116 valence electrons. The van der Waals surface area contributed by atoms with E-state index in [9.17, 15) is 14.7 Å². The molecular weight excluding hydrogens is 272 g/mol. The summed E-state index contributed by atoms with van der Waals surface area (Å²) >= 11 is 0. The van der Waals surface area contributed by atoms with Crippen molar-refractivity contribution in [3.05, 3.63) is 33.2 Å². The molecule has 1 aliphatic heterocycles. The van der Waals surface area contributed by atoms with E-state index in [4.69, 9.17) is 4.74 Å². The van der Waals surface area contributed by atoms with Gasteiger partial charge in [-0.15, -0.1) is 0 Å². The van der Waals surface area contributed by atoms with Crippen molar-refractivity contribution in [2.75, 3.05) is 26.3 Å². The van der Waals surface area contributed by atoms with Crippen molar-refractivity contribution in [2.45, 2.75) is 26.4 Å². The topological polar surface area (TPSA) is 71.8 Å². The molecule has 1 atom stereocenters. The van der Waals surface area contributed by atoms with Crippen LogP contribution in [0.2, 0.25) is 0 Å². The summed E-state index contributed by atoms with van der Waals surface area (Å²) in [5.41, 5.74) is 1.72. The van der Waals surface area contributed by atoms with E-state index in [0.717, 1.165) is 17.7 Å². The minimum Gasteiger partial charge on any atom is -0.389 e. The molecule has 0 aliphatic carbocycles. The van der Waals surface area contributed by atoms with Gasteiger partial charge in [0.1, 0.15) is 5.56 Å². The summed E-state index contributed by atoms with van der Waals surface area (Å²) in [5, 5.41) is 9.71. The molecule has 1 aromatic rings. The number of ether oxygens (including phenoxy) is 1. The molecule has 1 fully saturated rings. The van der Waals surface area contributed by atoms with Gasteiger partial charge in [0.2, 0.25) is 0 Å². The Hall–Kier alpha value is -1.66. The summed E-state index contributed by atoms with van der Waals surface area (Å²) in [6, 6.07) is 1.65. The number of hydrogen-bond donors (Lipinski definition) is 1. The molecule has 1 N–H and O–H groups in total. The van der Waals surface area contributed by atoms with E-state index in [1.165, 1.54) is 9.47 Å². The van der Waals surface area contributed by atoms with Gasteiger partial charge in [0.25, 0.3) is 11.5 Å². The SMILES string of the molecule is CCc1c(C)cc(C(=O)N2CCOC[C@@H](O)C2)c(=O)n1C. The Morgan fingerprint density at radius 1 is 1.52 bits per heavy atom. The summed E-state index contributed by atoms with van der Waals surface area (Å²) in [6.07, 6.45) is 0.0267. The van der Waals surface area contributed by atoms with E-state index >= 15 is 0 Å². The molecule has 1 aliphatic rings. The molecule has 6 nitrogen and oxygen atoms in total. The molecule has 1 amide bonds. The summed E-state index contributed by atoms with van der Waals surface area (Å²) in [4.78, 5) is 26.4. The lowest BCUT2D eigenvalue weighted by Gasteiger charge is -2.22. The summed E-state index contributed by atoms with van der Waals surface area (Å²) in [6.45, 7) is 5.04. The van der Waals surface area contributed by atoms with Gasteiger partial charge in [-0.25, -0.2) is 0 Å². The number of carbonyl (C=O) groups excluding carboxylic acids is 1. The molecule has 2 rings (SSSR count). The molecular formula is C15H22N2O4. The minimum atomic E-state index is -0.712. The highest BCUT2D eigenvalue weighted by Gasteiger charge is 2.25. The fraction of sp³-hybridized carbons (Fsp3) is 0.600. The molecule has 0 radical (unpaired) electrons. The van der Waals surface area contributed by atoms with Crippen LogP contribution in [0.3, 0.4) is 0 Å². The van der Waals surface area contributed by atoms with Gasteiger partial charge in [-0.3, -0.25) is 9.59 Å². The number of aliphatic hydroxyl groups excluding tert-OH is 1. The fourth-order valence-electron chi connectivity index (χ4n) is 2.75. The zero-order chi connectivity index (χ0) is 15.6. The van der Waals surface area contributed by atoms with E-state index in [-0.39, 0.29) is 30.2 Å². The molecule has 0 aromatic carbocycles. The third-order valence-corrected chi connectivity index (χ3v) is 3.86. The highest BCUT2D eigenvalue weighted by atomic mass is 16.5. The Balaban J connectivity index is 2.37. The van der Waals surface area contributed by atoms with Crippen LogP contribution in [0.1, 0.15) is 28.5 Å². The molecule has 6 heteroatoms. The first kappa shape index (κ1) is 15.7. The molecule has 1 aromatic heterocycles. The van der Waals surface area contributed by atoms with Gasteiger partial charge in [0, 0.05) is 25.8 Å². The van der Waals surface area contributed by atoms with Gasteiger partial charge in [0.05, 0.1) is 19.3 Å². The van der Waals surface area contributed by atoms with Crippen molar-refractivity contribution in [1.82, 2.24) is 9.47 Å². The number of rotatable bonds is 2. The Morgan fingerprint density at radius 2 is 2.24 bits per heavy atom. The standard InChI is InChI=1S/C15H22N2O4/c1-4-13-10(2)7-12(14(19)16(13)3)15(20)17-5-6-21-9-11(18)8-17/h7,11,18H,4-6,8-9H2,1-3H3/t11-/m0/s1. The first-order chi connectivity index (χ1) is 9.95. The van der Waals surface area contributed by atoms with Crippen molar-refractivity contribution >= 4 is 5.91 Å². The zero-order valence-corrected chi connectivity index (χ0v) is 12.8. The van der Waals surface area contributed by atoms with Gasteiger partial charge >= 0.3 is 0 Å². The lowest BCUT2D eigenvalue weighted by Crippen LogP contribution is -2.41. The van der Waals surface area contributed by atoms with Gasteiger partial charge in [-0.05, 0) is 25.0 Å². The highest BCUT2D eigenvalue weighted by molar-refractivity contribution is 5.94. The molecule has 0 unspecified atom stereocenters. The third-order valence-electron chi connectivity index (χ3n) is 3.86. The number of β-amino-alcohol motifs (C(OH)–C–C–N with tert-alkyl or cyclic N) is 1. The van der Waals surface area contributed by atoms with Gasteiger partial charge in [-0.1, -0.05) is 6.92 Å². The number of aliphatic hydroxyl groups is 1. The molecule has 2 heterocycles. The predicted molar refractivity (Wildman–Crippen MR) is 78.5 cm³/mol. The Kier molecular flexibility index (Phi) is 4.80. The van der Waals surface area contributed by atoms with E-state index in [1.54, 1.807) is 13.1 Å². The largest absolute Gasteiger partial charge is 0.389 e. The van der Waals surface area contributed by atoms with Crippen LogP contribution in [0.25, 0.3) is 0 Å². The van der Waals surface area contributed by atoms with E-state index < -0.39 is 6.10 Å². The molecule has 0 spiro atoms. The van der Waals surface area contributed by atoms with Gasteiger partial charge < -0.3 is 19.3 Å². The van der Waals surface area contributed by atoms with Crippen molar-refractivity contribution in [2.24, 2.45) is 7.05 Å². The van der Waals surface area contributed by atoms with Crippen LogP contribution in [0.4, 0.5) is 0 Å². The summed E-state index contributed by atoms with van der Waals surface area (Å²) in [7, 11) is 1.69. The second-order valence-electron chi connectivity index (χ2n) is 5.39. The van der Waals surface area contributed by atoms with Gasteiger partial charge in [0.15, 0.2) is 0 Å². The third kappa shape index (κ3) is 3.16. The fourth-order valence-corrected chi connectivity index (χ4v) is 2.75. The number of aryl methyl sites for hydroxylation is 1. The van der Waals surface area contributed by atoms with Gasteiger partial charge in [-0.2, -0.15) is 0 Å². The van der Waals surface area contributed by atoms with Crippen molar-refractivity contribution < 1.29 is 14.6 Å². The van der Waals surface area contributed by atoms with E-state index in [2.05, 4.69) is 0 Å². The van der Waals surface area contributed by atoms with Crippen LogP contribution < -0.4 is 5.56 Å². The first-order valence-corrected chi connectivity index (χ1v) is 7.20. The average molecular weight is 294 g/mol. The van der Waals surface area contributed by atoms with Crippen LogP contribution in [-0.4, -0.2) is 52.9 Å². The Morgan fingerprint density at radius 3 is 2.90 bits per heavy atom. The second-order valence-corrected chi connectivity index (χ2v) is 5.39. The van der Waals surface area contributed by atoms with Crippen LogP contribution in [0, 0.1) is 6.92 Å². The lowest BCUT2D eigenvalue weighted by molar-refractivity contribution is 0.0533. The highest BCUT2D eigenvalue weighted by Crippen LogP contribution is 2.11. The molecule has 0 saturated carbocycles. The smallest absolute Gasteiger partial charge is 0.263 e. The predicted octanol–water partition coefficient (Wildman–Crippen LogP) is 0.0894. The second kappa shape index (κ2) is 6.41. The number of amides is 1. The van der Waals surface area contributed by atoms with Crippen molar-refractivity contribution in [3.63, 3.8) is 0 Å². The number of carbonyl (C=O) groups is 1. The lowest BCUT2D eigenvalue weighted by atomic mass is 10.1. The Bertz CT molecular complexity index is 594. The maximum atomic E-state index is 12.6.